The van der Waals surface area contributed by atoms with Crippen molar-refractivity contribution >= 4 is 12.1 Å². The van der Waals surface area contributed by atoms with Crippen LogP contribution in [0.15, 0.2) is 24.3 Å². The Balaban J connectivity index is 1.73. The lowest BCUT2D eigenvalue weighted by atomic mass is 9.89. The Morgan fingerprint density at radius 2 is 1.91 bits per heavy atom. The smallest absolute Gasteiger partial charge is 0.496 e. The highest BCUT2D eigenvalue weighted by Crippen LogP contribution is 2.26. The fourth-order valence-corrected chi connectivity index (χ4v) is 2.58. The molecule has 2 unspecified atom stereocenters. The second kappa shape index (κ2) is 8.38. The van der Waals surface area contributed by atoms with Gasteiger partial charge in [-0.1, -0.05) is 25.5 Å². The van der Waals surface area contributed by atoms with Crippen LogP contribution in [-0.4, -0.2) is 25.3 Å². The van der Waals surface area contributed by atoms with Gasteiger partial charge in [-0.25, -0.2) is 14.5 Å². The van der Waals surface area contributed by atoms with Crippen LogP contribution >= 0.6 is 0 Å². The lowest BCUT2D eigenvalue weighted by molar-refractivity contribution is -0.453. The molecular formula is C16H20O7. The summed E-state index contributed by atoms with van der Waals surface area (Å²) in [5.41, 5.74) is 0.146. The molecule has 0 aromatic heterocycles. The minimum atomic E-state index is -1.03. The lowest BCUT2D eigenvalue weighted by Gasteiger charge is -2.25. The molecule has 0 bridgehead atoms. The van der Waals surface area contributed by atoms with Crippen LogP contribution in [-0.2, 0) is 19.6 Å². The minimum absolute atomic E-state index is 0.146. The summed E-state index contributed by atoms with van der Waals surface area (Å²) in [4.78, 5) is 32.0. The van der Waals surface area contributed by atoms with E-state index in [2.05, 4.69) is 21.7 Å². The molecule has 0 aliphatic heterocycles. The highest BCUT2D eigenvalue weighted by molar-refractivity contribution is 5.92. The van der Waals surface area contributed by atoms with Gasteiger partial charge in [-0.3, -0.25) is 4.89 Å². The number of hydrogen-bond acceptors (Lipinski definition) is 7. The van der Waals surface area contributed by atoms with Gasteiger partial charge in [0.25, 0.3) is 0 Å². The number of rotatable bonds is 5. The molecule has 0 N–H and O–H groups in total. The molecule has 0 spiro atoms. The lowest BCUT2D eigenvalue weighted by Crippen LogP contribution is -2.25. The first kappa shape index (κ1) is 17.1. The fraction of sp³-hybridized carbons (Fsp3) is 0.500. The van der Waals surface area contributed by atoms with Gasteiger partial charge in [-0.2, -0.15) is 0 Å². The number of carbonyl (C=O) groups excluding carboxylic acids is 2. The van der Waals surface area contributed by atoms with E-state index in [-0.39, 0.29) is 11.7 Å². The normalized spacial score (nSPS) is 20.4. The molecule has 1 saturated carbocycles. The molecule has 1 aliphatic carbocycles. The predicted octanol–water partition coefficient (Wildman–Crippen LogP) is 3.43. The summed E-state index contributed by atoms with van der Waals surface area (Å²) in [6.45, 7) is 2.10. The van der Waals surface area contributed by atoms with E-state index in [0.29, 0.717) is 11.7 Å². The van der Waals surface area contributed by atoms with E-state index in [1.807, 2.05) is 0 Å². The van der Waals surface area contributed by atoms with E-state index < -0.39 is 12.1 Å². The summed E-state index contributed by atoms with van der Waals surface area (Å²) in [5.74, 6) is -0.0211. The van der Waals surface area contributed by atoms with Gasteiger partial charge in [-0.15, -0.1) is 0 Å². The van der Waals surface area contributed by atoms with Gasteiger partial charge >= 0.3 is 12.1 Å². The largest absolute Gasteiger partial charge is 0.543 e. The highest BCUT2D eigenvalue weighted by atomic mass is 17.5. The van der Waals surface area contributed by atoms with Gasteiger partial charge in [0.1, 0.15) is 17.4 Å². The number of carbonyl (C=O) groups is 2. The van der Waals surface area contributed by atoms with Crippen molar-refractivity contribution in [3.05, 3.63) is 29.8 Å². The van der Waals surface area contributed by atoms with Crippen molar-refractivity contribution in [2.45, 2.75) is 38.7 Å². The third-order valence-electron chi connectivity index (χ3n) is 3.69. The molecule has 1 aromatic carbocycles. The zero-order valence-electron chi connectivity index (χ0n) is 13.2. The van der Waals surface area contributed by atoms with Crippen LogP contribution in [0.2, 0.25) is 0 Å². The van der Waals surface area contributed by atoms with Gasteiger partial charge < -0.3 is 9.47 Å². The number of para-hydroxylation sites is 1. The molecule has 0 radical (unpaired) electrons. The minimum Gasteiger partial charge on any atom is -0.496 e. The summed E-state index contributed by atoms with van der Waals surface area (Å²) in [6, 6.07) is 6.43. The molecule has 1 aliphatic rings. The topological polar surface area (TPSA) is 80.3 Å². The van der Waals surface area contributed by atoms with E-state index >= 15 is 0 Å². The maximum absolute atomic E-state index is 11.8. The zero-order valence-corrected chi connectivity index (χ0v) is 13.2. The van der Waals surface area contributed by atoms with Gasteiger partial charge in [0.15, 0.2) is 0 Å². The second-order valence-electron chi connectivity index (χ2n) is 5.48. The monoisotopic (exact) mass is 324 g/mol. The standard InChI is InChI=1S/C16H20O7/c1-11-6-5-7-12(10-11)20-16(18)22-23-21-15(17)13-8-3-4-9-14(13)19-2/h3-4,8-9,11-12H,5-7,10H2,1-2H3. The van der Waals surface area contributed by atoms with Gasteiger partial charge in [0.2, 0.25) is 0 Å². The van der Waals surface area contributed by atoms with Crippen LogP contribution in [0.5, 0.6) is 5.75 Å². The molecule has 7 heteroatoms. The molecule has 1 aromatic rings. The third kappa shape index (κ3) is 5.14. The summed E-state index contributed by atoms with van der Waals surface area (Å²) in [5, 5.41) is 4.20. The van der Waals surface area contributed by atoms with E-state index in [9.17, 15) is 9.59 Å². The Morgan fingerprint density at radius 3 is 2.65 bits per heavy atom. The molecule has 1 fully saturated rings. The molecule has 2 atom stereocenters. The van der Waals surface area contributed by atoms with Crippen molar-refractivity contribution in [1.82, 2.24) is 0 Å². The van der Waals surface area contributed by atoms with Crippen LogP contribution in [0.25, 0.3) is 0 Å². The third-order valence-corrected chi connectivity index (χ3v) is 3.69. The van der Waals surface area contributed by atoms with Crippen LogP contribution in [0.3, 0.4) is 0 Å². The SMILES string of the molecule is COc1ccccc1C(=O)OOOC(=O)OC1CCCC(C)C1. The van der Waals surface area contributed by atoms with Crippen LogP contribution in [0.4, 0.5) is 4.79 Å². The van der Waals surface area contributed by atoms with Crippen LogP contribution in [0, 0.1) is 5.92 Å². The Bertz CT molecular complexity index is 543. The second-order valence-corrected chi connectivity index (χ2v) is 5.48. The summed E-state index contributed by atoms with van der Waals surface area (Å²) in [6.07, 6.45) is 2.48. The van der Waals surface area contributed by atoms with E-state index in [1.54, 1.807) is 18.2 Å². The molecular weight excluding hydrogens is 304 g/mol. The summed E-state index contributed by atoms with van der Waals surface area (Å²) >= 11 is 0. The maximum atomic E-state index is 11.8. The van der Waals surface area contributed by atoms with Gasteiger partial charge in [0.05, 0.1) is 12.1 Å². The van der Waals surface area contributed by atoms with Crippen molar-refractivity contribution in [1.29, 1.82) is 0 Å². The Morgan fingerprint density at radius 1 is 1.13 bits per heavy atom. The quantitative estimate of drug-likeness (QED) is 0.466. The fourth-order valence-electron chi connectivity index (χ4n) is 2.58. The average Bonchev–Trinajstić information content (AvgIpc) is 2.54. The highest BCUT2D eigenvalue weighted by Gasteiger charge is 2.24. The average molecular weight is 324 g/mol. The number of benzene rings is 1. The van der Waals surface area contributed by atoms with E-state index in [0.717, 1.165) is 25.7 Å². The van der Waals surface area contributed by atoms with Crippen LogP contribution < -0.4 is 4.74 Å². The van der Waals surface area contributed by atoms with Crippen molar-refractivity contribution < 1.29 is 33.9 Å². The Hall–Kier alpha value is -2.28. The molecule has 23 heavy (non-hydrogen) atoms. The summed E-state index contributed by atoms with van der Waals surface area (Å²) in [7, 11) is 1.42. The first-order chi connectivity index (χ1) is 11.1. The van der Waals surface area contributed by atoms with Gasteiger partial charge in [-0.05, 0) is 37.3 Å². The predicted molar refractivity (Wildman–Crippen MR) is 78.5 cm³/mol. The molecule has 0 saturated heterocycles. The maximum Gasteiger partial charge on any atom is 0.543 e. The molecule has 2 rings (SSSR count). The number of hydrogen-bond donors (Lipinski definition) is 0. The zero-order chi connectivity index (χ0) is 16.7. The number of methoxy groups -OCH3 is 1. The van der Waals surface area contributed by atoms with Crippen molar-refractivity contribution in [2.24, 2.45) is 5.92 Å². The molecule has 0 amide bonds. The van der Waals surface area contributed by atoms with E-state index in [1.165, 1.54) is 13.2 Å². The van der Waals surface area contributed by atoms with Crippen molar-refractivity contribution in [3.8, 4) is 5.75 Å². The van der Waals surface area contributed by atoms with Gasteiger partial charge in [0, 0.05) is 0 Å². The molecule has 126 valence electrons. The molecule has 0 heterocycles. The van der Waals surface area contributed by atoms with Crippen LogP contribution in [0.1, 0.15) is 43.0 Å². The van der Waals surface area contributed by atoms with Crippen molar-refractivity contribution in [3.63, 3.8) is 0 Å². The Labute approximate surface area is 134 Å². The first-order valence-electron chi connectivity index (χ1n) is 7.49. The Kier molecular flexibility index (Phi) is 6.22. The van der Waals surface area contributed by atoms with E-state index in [4.69, 9.17) is 9.47 Å². The summed E-state index contributed by atoms with van der Waals surface area (Å²) < 4.78 is 10.1. The first-order valence-corrected chi connectivity index (χ1v) is 7.49. The number of ether oxygens (including phenoxy) is 2. The molecule has 7 nitrogen and oxygen atoms in total. The van der Waals surface area contributed by atoms with Crippen molar-refractivity contribution in [2.75, 3.05) is 7.11 Å².